The standard InChI is InChI=1S/C23H31N5O2S/c29-22(25-9-5-12-27-14-16-30-17-15-27)19-6-4-13-28(18-19)21-23(26-11-10-24-21)31-20-7-2-1-3-8-20/h1-3,7-8,10-11,19H,4-6,9,12-18H2,(H,25,29)/t19-/m0/s1. The minimum atomic E-state index is -0.00582. The van der Waals surface area contributed by atoms with Crippen LogP contribution in [-0.2, 0) is 9.53 Å². The molecule has 2 aliphatic rings. The molecular formula is C23H31N5O2S. The van der Waals surface area contributed by atoms with E-state index in [0.717, 1.165) is 80.9 Å². The van der Waals surface area contributed by atoms with Crippen LogP contribution in [0.15, 0.2) is 52.6 Å². The van der Waals surface area contributed by atoms with Crippen molar-refractivity contribution >= 4 is 23.5 Å². The van der Waals surface area contributed by atoms with Crippen molar-refractivity contribution in [3.63, 3.8) is 0 Å². The molecule has 1 amide bonds. The highest BCUT2D eigenvalue weighted by molar-refractivity contribution is 7.99. The Balaban J connectivity index is 1.29. The van der Waals surface area contributed by atoms with Crippen molar-refractivity contribution in [2.75, 3.05) is 57.4 Å². The lowest BCUT2D eigenvalue weighted by Crippen LogP contribution is -2.44. The highest BCUT2D eigenvalue weighted by Crippen LogP contribution is 2.33. The molecule has 0 bridgehead atoms. The number of rotatable bonds is 8. The third-order valence-corrected chi connectivity index (χ3v) is 6.74. The Morgan fingerprint density at radius 1 is 1.13 bits per heavy atom. The molecule has 1 N–H and O–H groups in total. The van der Waals surface area contributed by atoms with Gasteiger partial charge in [0.15, 0.2) is 5.82 Å². The van der Waals surface area contributed by atoms with Crippen LogP contribution in [0.3, 0.4) is 0 Å². The molecule has 0 spiro atoms. The molecule has 0 aliphatic carbocycles. The van der Waals surface area contributed by atoms with Gasteiger partial charge in [-0.1, -0.05) is 30.0 Å². The number of carbonyl (C=O) groups is 1. The average Bonchev–Trinajstić information content (AvgIpc) is 2.83. The summed E-state index contributed by atoms with van der Waals surface area (Å²) in [6.07, 6.45) is 6.35. The van der Waals surface area contributed by atoms with E-state index in [9.17, 15) is 4.79 Å². The molecule has 2 fully saturated rings. The molecule has 1 atom stereocenters. The summed E-state index contributed by atoms with van der Waals surface area (Å²) in [4.78, 5) is 27.7. The first-order chi connectivity index (χ1) is 15.3. The molecule has 1 aromatic carbocycles. The van der Waals surface area contributed by atoms with E-state index in [-0.39, 0.29) is 11.8 Å². The van der Waals surface area contributed by atoms with E-state index < -0.39 is 0 Å². The summed E-state index contributed by atoms with van der Waals surface area (Å²) in [5, 5.41) is 4.04. The number of carbonyl (C=O) groups excluding carboxylic acids is 1. The van der Waals surface area contributed by atoms with E-state index in [2.05, 4.69) is 37.2 Å². The Bertz CT molecular complexity index is 832. The van der Waals surface area contributed by atoms with Crippen LogP contribution in [0.25, 0.3) is 0 Å². The molecule has 2 aromatic rings. The topological polar surface area (TPSA) is 70.6 Å². The van der Waals surface area contributed by atoms with Gasteiger partial charge in [-0.25, -0.2) is 9.97 Å². The van der Waals surface area contributed by atoms with Gasteiger partial charge in [-0.15, -0.1) is 0 Å². The van der Waals surface area contributed by atoms with Gasteiger partial charge >= 0.3 is 0 Å². The van der Waals surface area contributed by atoms with Crippen LogP contribution in [0.1, 0.15) is 19.3 Å². The first kappa shape index (κ1) is 22.0. The monoisotopic (exact) mass is 441 g/mol. The normalized spacial score (nSPS) is 19.9. The number of hydrogen-bond acceptors (Lipinski definition) is 7. The second kappa shape index (κ2) is 11.5. The molecule has 4 rings (SSSR count). The van der Waals surface area contributed by atoms with Crippen LogP contribution < -0.4 is 10.2 Å². The summed E-state index contributed by atoms with van der Waals surface area (Å²) in [6, 6.07) is 10.2. The molecule has 2 aliphatic heterocycles. The predicted octanol–water partition coefficient (Wildman–Crippen LogP) is 2.68. The van der Waals surface area contributed by atoms with E-state index in [0.29, 0.717) is 6.54 Å². The fourth-order valence-electron chi connectivity index (χ4n) is 4.07. The summed E-state index contributed by atoms with van der Waals surface area (Å²) in [6.45, 7) is 6.96. The lowest BCUT2D eigenvalue weighted by molar-refractivity contribution is -0.125. The average molecular weight is 442 g/mol. The number of anilines is 1. The third kappa shape index (κ3) is 6.41. The number of nitrogens with one attached hydrogen (secondary N) is 1. The second-order valence-corrected chi connectivity index (χ2v) is 9.05. The third-order valence-electron chi connectivity index (χ3n) is 5.75. The lowest BCUT2D eigenvalue weighted by Gasteiger charge is -2.33. The molecule has 2 saturated heterocycles. The lowest BCUT2D eigenvalue weighted by atomic mass is 9.97. The van der Waals surface area contributed by atoms with Crippen LogP contribution in [-0.4, -0.2) is 73.3 Å². The maximum atomic E-state index is 12.8. The number of nitrogens with zero attached hydrogens (tertiary/aromatic N) is 4. The number of ether oxygens (including phenoxy) is 1. The molecular weight excluding hydrogens is 410 g/mol. The van der Waals surface area contributed by atoms with Crippen molar-refractivity contribution in [3.8, 4) is 0 Å². The van der Waals surface area contributed by atoms with Crippen molar-refractivity contribution in [2.45, 2.75) is 29.2 Å². The molecule has 3 heterocycles. The highest BCUT2D eigenvalue weighted by Gasteiger charge is 2.28. The summed E-state index contributed by atoms with van der Waals surface area (Å²) >= 11 is 1.62. The number of morpholine rings is 1. The van der Waals surface area contributed by atoms with Crippen LogP contribution >= 0.6 is 11.8 Å². The van der Waals surface area contributed by atoms with E-state index in [1.807, 2.05) is 18.2 Å². The smallest absolute Gasteiger partial charge is 0.224 e. The molecule has 0 unspecified atom stereocenters. The largest absolute Gasteiger partial charge is 0.379 e. The van der Waals surface area contributed by atoms with Gasteiger partial charge in [-0.2, -0.15) is 0 Å². The summed E-state index contributed by atoms with van der Waals surface area (Å²) in [5.41, 5.74) is 0. The quantitative estimate of drug-likeness (QED) is 0.632. The molecule has 0 radical (unpaired) electrons. The predicted molar refractivity (Wildman–Crippen MR) is 122 cm³/mol. The van der Waals surface area contributed by atoms with Crippen LogP contribution in [0.5, 0.6) is 0 Å². The summed E-state index contributed by atoms with van der Waals surface area (Å²) in [5.74, 6) is 1.03. The molecule has 7 nitrogen and oxygen atoms in total. The van der Waals surface area contributed by atoms with Crippen molar-refractivity contribution in [2.24, 2.45) is 5.92 Å². The van der Waals surface area contributed by atoms with Crippen molar-refractivity contribution < 1.29 is 9.53 Å². The molecule has 166 valence electrons. The zero-order chi connectivity index (χ0) is 21.3. The summed E-state index contributed by atoms with van der Waals surface area (Å²) in [7, 11) is 0. The Morgan fingerprint density at radius 2 is 1.94 bits per heavy atom. The minimum absolute atomic E-state index is 0.00582. The zero-order valence-electron chi connectivity index (χ0n) is 17.9. The van der Waals surface area contributed by atoms with Crippen molar-refractivity contribution in [3.05, 3.63) is 42.7 Å². The maximum absolute atomic E-state index is 12.8. The van der Waals surface area contributed by atoms with Gasteiger partial charge in [-0.05, 0) is 37.9 Å². The van der Waals surface area contributed by atoms with Crippen LogP contribution in [0.4, 0.5) is 5.82 Å². The van der Waals surface area contributed by atoms with E-state index in [4.69, 9.17) is 4.74 Å². The maximum Gasteiger partial charge on any atom is 0.224 e. The number of aromatic nitrogens is 2. The molecule has 1 aromatic heterocycles. The van der Waals surface area contributed by atoms with E-state index in [1.165, 1.54) is 0 Å². The second-order valence-electron chi connectivity index (χ2n) is 7.98. The van der Waals surface area contributed by atoms with E-state index >= 15 is 0 Å². The fraction of sp³-hybridized carbons (Fsp3) is 0.522. The Hall–Kier alpha value is -2.16. The molecule has 31 heavy (non-hydrogen) atoms. The highest BCUT2D eigenvalue weighted by atomic mass is 32.2. The van der Waals surface area contributed by atoms with Crippen molar-refractivity contribution in [1.29, 1.82) is 0 Å². The Kier molecular flexibility index (Phi) is 8.15. The van der Waals surface area contributed by atoms with Gasteiger partial charge in [0, 0.05) is 50.0 Å². The molecule has 8 heteroatoms. The summed E-state index contributed by atoms with van der Waals surface area (Å²) < 4.78 is 5.38. The number of piperidine rings is 1. The van der Waals surface area contributed by atoms with Gasteiger partial charge in [0.25, 0.3) is 0 Å². The number of amides is 1. The number of benzene rings is 1. The first-order valence-electron chi connectivity index (χ1n) is 11.2. The van der Waals surface area contributed by atoms with Gasteiger partial charge in [0.1, 0.15) is 5.03 Å². The van der Waals surface area contributed by atoms with Gasteiger partial charge in [0.05, 0.1) is 19.1 Å². The first-order valence-corrected chi connectivity index (χ1v) is 12.0. The zero-order valence-corrected chi connectivity index (χ0v) is 18.7. The number of hydrogen-bond donors (Lipinski definition) is 1. The van der Waals surface area contributed by atoms with Crippen LogP contribution in [0.2, 0.25) is 0 Å². The Labute approximate surface area is 188 Å². The van der Waals surface area contributed by atoms with E-state index in [1.54, 1.807) is 24.2 Å². The van der Waals surface area contributed by atoms with Gasteiger partial charge < -0.3 is 15.0 Å². The minimum Gasteiger partial charge on any atom is -0.379 e. The Morgan fingerprint density at radius 3 is 2.77 bits per heavy atom. The van der Waals surface area contributed by atoms with Gasteiger partial charge in [-0.3, -0.25) is 9.69 Å². The SMILES string of the molecule is O=C(NCCCN1CCOCC1)[C@H]1CCCN(c2nccnc2Sc2ccccc2)C1. The van der Waals surface area contributed by atoms with Gasteiger partial charge in [0.2, 0.25) is 5.91 Å². The fourth-order valence-corrected chi connectivity index (χ4v) is 4.98. The van der Waals surface area contributed by atoms with Crippen LogP contribution in [0, 0.1) is 5.92 Å². The molecule has 0 saturated carbocycles. The van der Waals surface area contributed by atoms with Crippen molar-refractivity contribution in [1.82, 2.24) is 20.2 Å².